The number of allylic oxidation sites excluding steroid dienone is 1. The Morgan fingerprint density at radius 3 is 2.64 bits per heavy atom. The van der Waals surface area contributed by atoms with E-state index in [1.54, 1.807) is 0 Å². The molecule has 0 saturated heterocycles. The van der Waals surface area contributed by atoms with Crippen LogP contribution < -0.4 is 0 Å². The van der Waals surface area contributed by atoms with E-state index in [9.17, 15) is 14.7 Å². The molecule has 6 rings (SSSR count). The first kappa shape index (κ1) is 20.9. The van der Waals surface area contributed by atoms with E-state index in [0.29, 0.717) is 29.7 Å². The van der Waals surface area contributed by atoms with Crippen molar-refractivity contribution in [3.05, 3.63) is 53.7 Å². The summed E-state index contributed by atoms with van der Waals surface area (Å²) in [6.45, 7) is 6.39. The minimum Gasteiger partial charge on any atom is -0.481 e. The fourth-order valence-electron chi connectivity index (χ4n) is 8.88. The molecule has 2 aromatic rings. The highest BCUT2D eigenvalue weighted by atomic mass is 16.5. The number of benzene rings is 1. The van der Waals surface area contributed by atoms with E-state index in [4.69, 9.17) is 4.52 Å². The first-order chi connectivity index (χ1) is 15.8. The summed E-state index contributed by atoms with van der Waals surface area (Å²) < 4.78 is 5.84. The smallest absolute Gasteiger partial charge is 0.315 e. The second-order valence-electron chi connectivity index (χ2n) is 11.2. The quantitative estimate of drug-likeness (QED) is 0.484. The second kappa shape index (κ2) is 6.68. The van der Waals surface area contributed by atoms with Crippen LogP contribution in [0.1, 0.15) is 52.1 Å². The molecule has 5 nitrogen and oxygen atoms in total. The number of fused-ring (bicyclic) bond motifs is 2. The predicted octanol–water partition coefficient (Wildman–Crippen LogP) is 5.52. The largest absolute Gasteiger partial charge is 0.481 e. The molecule has 0 radical (unpaired) electrons. The highest BCUT2D eigenvalue weighted by Gasteiger charge is 2.85. The van der Waals surface area contributed by atoms with E-state index in [-0.39, 0.29) is 17.8 Å². The zero-order valence-corrected chi connectivity index (χ0v) is 19.5. The Labute approximate surface area is 194 Å². The summed E-state index contributed by atoms with van der Waals surface area (Å²) in [5.41, 5.74) is -0.365. The Hall–Kier alpha value is -2.69. The van der Waals surface area contributed by atoms with Gasteiger partial charge in [-0.15, -0.1) is 0 Å². The van der Waals surface area contributed by atoms with Crippen molar-refractivity contribution in [2.24, 2.45) is 40.4 Å². The molecule has 1 aromatic heterocycles. The van der Waals surface area contributed by atoms with Gasteiger partial charge in [-0.25, -0.2) is 0 Å². The summed E-state index contributed by atoms with van der Waals surface area (Å²) in [7, 11) is 0. The number of aromatic nitrogens is 1. The molecular weight excluding hydrogens is 414 g/mol. The van der Waals surface area contributed by atoms with E-state index >= 15 is 0 Å². The first-order valence-electron chi connectivity index (χ1n) is 12.3. The van der Waals surface area contributed by atoms with Crippen molar-refractivity contribution in [1.29, 1.82) is 0 Å². The number of nitrogens with zero attached hydrogens (tertiary/aromatic N) is 1. The molecule has 7 atom stereocenters. The van der Waals surface area contributed by atoms with E-state index in [2.05, 4.69) is 32.0 Å². The first-order valence-corrected chi connectivity index (χ1v) is 12.3. The highest BCUT2D eigenvalue weighted by Crippen LogP contribution is 2.82. The third-order valence-electron chi connectivity index (χ3n) is 9.95. The van der Waals surface area contributed by atoms with Crippen molar-refractivity contribution in [2.45, 2.75) is 51.9 Å². The number of carbonyl (C=O) groups excluding carboxylic acids is 1. The molecular formula is C28H31NO4. The van der Waals surface area contributed by atoms with Gasteiger partial charge in [-0.05, 0) is 48.9 Å². The van der Waals surface area contributed by atoms with Gasteiger partial charge in [0.25, 0.3) is 0 Å². The van der Waals surface area contributed by atoms with Gasteiger partial charge < -0.3 is 14.4 Å². The molecule has 0 spiro atoms. The summed E-state index contributed by atoms with van der Waals surface area (Å²) in [5.74, 6) is 0.712. The second-order valence-corrected chi connectivity index (χ2v) is 11.2. The third kappa shape index (κ3) is 2.17. The van der Waals surface area contributed by atoms with Gasteiger partial charge in [0.1, 0.15) is 11.7 Å². The molecule has 172 valence electrons. The molecule has 4 aliphatic rings. The average Bonchev–Trinajstić information content (AvgIpc) is 3.54. The summed E-state index contributed by atoms with van der Waals surface area (Å²) in [5, 5.41) is 15.7. The van der Waals surface area contributed by atoms with Gasteiger partial charge in [-0.2, -0.15) is 0 Å². The number of carboxylic acids is 1. The van der Waals surface area contributed by atoms with Crippen LogP contribution in [0.5, 0.6) is 0 Å². The Balaban J connectivity index is 1.63. The van der Waals surface area contributed by atoms with E-state index in [1.807, 2.05) is 36.4 Å². The van der Waals surface area contributed by atoms with Crippen LogP contribution in [-0.2, 0) is 15.0 Å². The minimum atomic E-state index is -1.27. The number of carbonyl (C=O) groups is 2. The summed E-state index contributed by atoms with van der Waals surface area (Å²) >= 11 is 0. The molecule has 3 unspecified atom stereocenters. The van der Waals surface area contributed by atoms with E-state index < -0.39 is 22.2 Å². The monoisotopic (exact) mass is 445 g/mol. The van der Waals surface area contributed by atoms with Crippen molar-refractivity contribution < 1.29 is 19.2 Å². The number of carboxylic acid groups (broad SMARTS) is 1. The lowest BCUT2D eigenvalue weighted by atomic mass is 9.42. The molecule has 4 bridgehead atoms. The minimum absolute atomic E-state index is 0.0253. The Morgan fingerprint density at radius 1 is 1.21 bits per heavy atom. The molecule has 1 heterocycles. The van der Waals surface area contributed by atoms with Gasteiger partial charge in [0.15, 0.2) is 5.76 Å². The maximum absolute atomic E-state index is 13.5. The number of rotatable bonds is 5. The van der Waals surface area contributed by atoms with E-state index in [1.165, 1.54) is 0 Å². The van der Waals surface area contributed by atoms with Gasteiger partial charge in [-0.1, -0.05) is 74.3 Å². The Morgan fingerprint density at radius 2 is 1.97 bits per heavy atom. The van der Waals surface area contributed by atoms with Gasteiger partial charge in [0.2, 0.25) is 0 Å². The third-order valence-corrected chi connectivity index (χ3v) is 9.95. The van der Waals surface area contributed by atoms with Crippen molar-refractivity contribution >= 4 is 12.3 Å². The SMILES string of the molecule is CC(C)C1=CC2CC3(C=O)[C@@H]4CC[C@@H](C)[C@H]4CC2(c2cc(-c4ccccc4)on2)[C@]13C(=O)O. The Kier molecular flexibility index (Phi) is 4.23. The van der Waals surface area contributed by atoms with Crippen LogP contribution >= 0.6 is 0 Å². The maximum Gasteiger partial charge on any atom is 0.315 e. The normalized spacial score (nSPS) is 40.7. The Bertz CT molecular complexity index is 1170. The standard InChI is InChI=1S/C28H31NO4/c1-16(2)22-11-19-13-26(15-30)21-10-9-17(3)20(21)14-27(19,28(22,26)25(31)32)24-12-23(33-29-24)18-7-5-4-6-8-18/h4-8,11-12,15-17,19-21H,9-10,13-14H2,1-3H3,(H,31,32)/t17-,19?,20-,21-,26?,27?,28+/m1/s1. The molecule has 3 fully saturated rings. The molecule has 4 aliphatic carbocycles. The molecule has 1 N–H and O–H groups in total. The van der Waals surface area contributed by atoms with Crippen LogP contribution in [0.25, 0.3) is 11.3 Å². The summed E-state index contributed by atoms with van der Waals surface area (Å²) in [4.78, 5) is 26.7. The van der Waals surface area contributed by atoms with Crippen LogP contribution in [0.15, 0.2) is 52.6 Å². The highest BCUT2D eigenvalue weighted by molar-refractivity contribution is 5.92. The zero-order chi connectivity index (χ0) is 23.2. The molecule has 3 saturated carbocycles. The summed E-state index contributed by atoms with van der Waals surface area (Å²) in [6, 6.07) is 11.8. The lowest BCUT2D eigenvalue weighted by molar-refractivity contribution is -0.172. The fourth-order valence-corrected chi connectivity index (χ4v) is 8.88. The van der Waals surface area contributed by atoms with E-state index in [0.717, 1.165) is 36.7 Å². The number of aldehydes is 1. The molecule has 5 heteroatoms. The predicted molar refractivity (Wildman–Crippen MR) is 123 cm³/mol. The average molecular weight is 446 g/mol. The van der Waals surface area contributed by atoms with Gasteiger partial charge in [0.05, 0.1) is 11.1 Å². The number of aliphatic carboxylic acids is 1. The molecule has 0 amide bonds. The van der Waals surface area contributed by atoms with Crippen LogP contribution in [0.2, 0.25) is 0 Å². The lowest BCUT2D eigenvalue weighted by Crippen LogP contribution is -2.64. The fraction of sp³-hybridized carbons (Fsp3) is 0.536. The molecule has 0 aliphatic heterocycles. The van der Waals surface area contributed by atoms with Crippen molar-refractivity contribution in [3.63, 3.8) is 0 Å². The lowest BCUT2D eigenvalue weighted by Gasteiger charge is -2.57. The van der Waals surface area contributed by atoms with Crippen molar-refractivity contribution in [2.75, 3.05) is 0 Å². The topological polar surface area (TPSA) is 80.4 Å². The van der Waals surface area contributed by atoms with Gasteiger partial charge >= 0.3 is 5.97 Å². The van der Waals surface area contributed by atoms with Gasteiger partial charge in [0, 0.05) is 17.0 Å². The number of hydrogen-bond donors (Lipinski definition) is 1. The maximum atomic E-state index is 13.5. The molecule has 33 heavy (non-hydrogen) atoms. The summed E-state index contributed by atoms with van der Waals surface area (Å²) in [6.07, 6.45) is 6.58. The molecule has 1 aromatic carbocycles. The van der Waals surface area contributed by atoms with Crippen LogP contribution in [0, 0.1) is 40.4 Å². The van der Waals surface area contributed by atoms with Gasteiger partial charge in [-0.3, -0.25) is 4.79 Å². The zero-order valence-electron chi connectivity index (χ0n) is 19.5. The van der Waals surface area contributed by atoms with Crippen LogP contribution in [-0.4, -0.2) is 22.5 Å². The van der Waals surface area contributed by atoms with Crippen molar-refractivity contribution in [1.82, 2.24) is 5.16 Å². The van der Waals surface area contributed by atoms with Crippen molar-refractivity contribution in [3.8, 4) is 11.3 Å². The van der Waals surface area contributed by atoms with Crippen LogP contribution in [0.3, 0.4) is 0 Å². The van der Waals surface area contributed by atoms with Crippen LogP contribution in [0.4, 0.5) is 0 Å². The number of hydrogen-bond acceptors (Lipinski definition) is 4.